The number of piperidine rings is 1. The molecule has 1 aliphatic carbocycles. The van der Waals surface area contributed by atoms with Crippen LogP contribution in [-0.2, 0) is 6.42 Å². The molecule has 1 saturated carbocycles. The highest BCUT2D eigenvalue weighted by atomic mass is 32.1. The third kappa shape index (κ3) is 3.14. The normalized spacial score (nSPS) is 33.6. The first-order valence-electron chi connectivity index (χ1n) is 11.0. The summed E-state index contributed by atoms with van der Waals surface area (Å²) in [6.45, 7) is 6.42. The van der Waals surface area contributed by atoms with E-state index in [4.69, 9.17) is 0 Å². The van der Waals surface area contributed by atoms with Crippen LogP contribution in [0.2, 0.25) is 0 Å². The lowest BCUT2D eigenvalue weighted by Crippen LogP contribution is -2.57. The zero-order valence-corrected chi connectivity index (χ0v) is 18.5. The predicted molar refractivity (Wildman–Crippen MR) is 117 cm³/mol. The maximum absolute atomic E-state index is 13.8. The molecule has 0 spiro atoms. The molecule has 1 N–H and O–H groups in total. The van der Waals surface area contributed by atoms with Gasteiger partial charge in [-0.1, -0.05) is 50.1 Å². The lowest BCUT2D eigenvalue weighted by Gasteiger charge is -2.43. The minimum Gasteiger partial charge on any atom is -0.330 e. The van der Waals surface area contributed by atoms with Gasteiger partial charge in [0.1, 0.15) is 4.88 Å². The van der Waals surface area contributed by atoms with E-state index in [1.807, 2.05) is 13.8 Å². The van der Waals surface area contributed by atoms with Crippen molar-refractivity contribution in [2.75, 3.05) is 0 Å². The van der Waals surface area contributed by atoms with E-state index in [1.165, 1.54) is 24.8 Å². The average Bonchev–Trinajstić information content (AvgIpc) is 3.11. The summed E-state index contributed by atoms with van der Waals surface area (Å²) in [5, 5.41) is 5.01. The van der Waals surface area contributed by atoms with Gasteiger partial charge in [-0.05, 0) is 45.1 Å². The number of likely N-dealkylation sites (tertiary alicyclic amines) is 1. The second-order valence-corrected chi connectivity index (χ2v) is 10.7. The summed E-state index contributed by atoms with van der Waals surface area (Å²) in [6, 6.07) is 12.2. The summed E-state index contributed by atoms with van der Waals surface area (Å²) in [5.74, 6) is 0.217. The second kappa shape index (κ2) is 7.21. The quantitative estimate of drug-likeness (QED) is 0.811. The molecule has 2 saturated heterocycles. The van der Waals surface area contributed by atoms with Crippen molar-refractivity contribution in [2.45, 2.75) is 83.5 Å². The number of carbonyl (C=O) groups is 1. The number of nitrogens with one attached hydrogen (secondary N) is 1. The SMILES string of the molecule is Cc1nc(C)c(C(=O)N2[C@H]3CCCC[C@H]4N[C@H](Cc5ccccc5)[C@@H]2C[C@@]34C)s1. The number of nitrogens with zero attached hydrogens (tertiary/aromatic N) is 2. The molecule has 2 aromatic rings. The Morgan fingerprint density at radius 1 is 1.24 bits per heavy atom. The number of aryl methyl sites for hydroxylation is 2. The molecule has 29 heavy (non-hydrogen) atoms. The maximum Gasteiger partial charge on any atom is 0.266 e. The van der Waals surface area contributed by atoms with E-state index < -0.39 is 0 Å². The average molecular weight is 410 g/mol. The molecule has 3 heterocycles. The van der Waals surface area contributed by atoms with Crippen LogP contribution in [0.25, 0.3) is 0 Å². The fourth-order valence-corrected chi connectivity index (χ4v) is 7.14. The van der Waals surface area contributed by atoms with Crippen molar-refractivity contribution in [3.05, 3.63) is 51.5 Å². The van der Waals surface area contributed by atoms with Crippen molar-refractivity contribution in [1.82, 2.24) is 15.2 Å². The fraction of sp³-hybridized carbons (Fsp3) is 0.583. The lowest BCUT2D eigenvalue weighted by atomic mass is 9.70. The molecule has 154 valence electrons. The van der Waals surface area contributed by atoms with E-state index >= 15 is 0 Å². The largest absolute Gasteiger partial charge is 0.330 e. The standard InChI is InChI=1S/C24H31N3OS/c1-15-22(29-16(2)25-15)23(28)27-19-14-24(3)20(11-7-8-12-21(24)27)26-18(19)13-17-9-5-4-6-10-17/h4-6,9-10,18-21,26H,7-8,11-14H2,1-3H3/t18-,19+,20-,21+,24-/m1/s1. The molecule has 3 fully saturated rings. The van der Waals surface area contributed by atoms with Crippen LogP contribution in [0, 0.1) is 19.3 Å². The van der Waals surface area contributed by atoms with Crippen molar-refractivity contribution < 1.29 is 4.79 Å². The molecular weight excluding hydrogens is 378 g/mol. The molecule has 5 atom stereocenters. The van der Waals surface area contributed by atoms with Crippen LogP contribution in [-0.4, -0.2) is 40.0 Å². The van der Waals surface area contributed by atoms with Gasteiger partial charge < -0.3 is 10.2 Å². The zero-order valence-electron chi connectivity index (χ0n) is 17.6. The molecule has 1 amide bonds. The summed E-state index contributed by atoms with van der Waals surface area (Å²) < 4.78 is 0. The Morgan fingerprint density at radius 2 is 2.00 bits per heavy atom. The number of carbonyl (C=O) groups excluding carboxylic acids is 1. The van der Waals surface area contributed by atoms with Gasteiger partial charge in [-0.25, -0.2) is 4.98 Å². The molecule has 2 aliphatic heterocycles. The minimum atomic E-state index is 0.178. The molecule has 5 rings (SSSR count). The van der Waals surface area contributed by atoms with Gasteiger partial charge in [0.25, 0.3) is 5.91 Å². The topological polar surface area (TPSA) is 45.2 Å². The van der Waals surface area contributed by atoms with Crippen LogP contribution in [0.15, 0.2) is 30.3 Å². The predicted octanol–water partition coefficient (Wildman–Crippen LogP) is 4.51. The van der Waals surface area contributed by atoms with Gasteiger partial charge in [-0.2, -0.15) is 0 Å². The Labute approximate surface area is 177 Å². The van der Waals surface area contributed by atoms with Gasteiger partial charge in [0.15, 0.2) is 0 Å². The monoisotopic (exact) mass is 409 g/mol. The number of thiazole rings is 1. The molecular formula is C24H31N3OS. The van der Waals surface area contributed by atoms with Crippen LogP contribution in [0.4, 0.5) is 0 Å². The van der Waals surface area contributed by atoms with E-state index in [1.54, 1.807) is 11.3 Å². The van der Waals surface area contributed by atoms with E-state index in [0.29, 0.717) is 18.1 Å². The van der Waals surface area contributed by atoms with Crippen molar-refractivity contribution in [3.63, 3.8) is 0 Å². The van der Waals surface area contributed by atoms with Gasteiger partial charge in [0.05, 0.1) is 10.7 Å². The Bertz CT molecular complexity index is 910. The first-order chi connectivity index (χ1) is 14.0. The summed E-state index contributed by atoms with van der Waals surface area (Å²) >= 11 is 1.56. The van der Waals surface area contributed by atoms with Gasteiger partial charge in [-0.3, -0.25) is 4.79 Å². The smallest absolute Gasteiger partial charge is 0.266 e. The van der Waals surface area contributed by atoms with Crippen LogP contribution in [0.5, 0.6) is 0 Å². The molecule has 1 aromatic heterocycles. The van der Waals surface area contributed by atoms with E-state index in [9.17, 15) is 4.79 Å². The number of rotatable bonds is 3. The van der Waals surface area contributed by atoms with Gasteiger partial charge in [-0.15, -0.1) is 11.3 Å². The highest BCUT2D eigenvalue weighted by molar-refractivity contribution is 7.13. The van der Waals surface area contributed by atoms with Crippen molar-refractivity contribution in [2.24, 2.45) is 5.41 Å². The molecule has 1 aromatic carbocycles. The Balaban J connectivity index is 1.53. The molecule has 5 heteroatoms. The number of hydrogen-bond donors (Lipinski definition) is 1. The van der Waals surface area contributed by atoms with Gasteiger partial charge in [0.2, 0.25) is 0 Å². The summed E-state index contributed by atoms with van der Waals surface area (Å²) in [5.41, 5.74) is 2.42. The van der Waals surface area contributed by atoms with Crippen molar-refractivity contribution >= 4 is 17.2 Å². The van der Waals surface area contributed by atoms with Crippen LogP contribution in [0.1, 0.15) is 65.0 Å². The van der Waals surface area contributed by atoms with Gasteiger partial charge >= 0.3 is 0 Å². The lowest BCUT2D eigenvalue weighted by molar-refractivity contribution is 0.0616. The molecule has 4 nitrogen and oxygen atoms in total. The van der Waals surface area contributed by atoms with Crippen LogP contribution in [0.3, 0.4) is 0 Å². The molecule has 2 bridgehead atoms. The zero-order chi connectivity index (χ0) is 20.2. The van der Waals surface area contributed by atoms with Gasteiger partial charge in [0, 0.05) is 29.6 Å². The maximum atomic E-state index is 13.8. The summed E-state index contributed by atoms with van der Waals surface area (Å²) in [7, 11) is 0. The first-order valence-corrected chi connectivity index (χ1v) is 11.9. The summed E-state index contributed by atoms with van der Waals surface area (Å²) in [6.07, 6.45) is 6.94. The number of amides is 1. The molecule has 0 radical (unpaired) electrons. The van der Waals surface area contributed by atoms with Crippen LogP contribution < -0.4 is 5.32 Å². The Morgan fingerprint density at radius 3 is 2.72 bits per heavy atom. The number of benzene rings is 1. The molecule has 3 aliphatic rings. The second-order valence-electron chi connectivity index (χ2n) is 9.45. The van der Waals surface area contributed by atoms with Crippen LogP contribution >= 0.6 is 11.3 Å². The van der Waals surface area contributed by atoms with E-state index in [0.717, 1.165) is 34.8 Å². The van der Waals surface area contributed by atoms with E-state index in [-0.39, 0.29) is 17.4 Å². The Kier molecular flexibility index (Phi) is 4.78. The Hall–Kier alpha value is -1.72. The van der Waals surface area contributed by atoms with E-state index in [2.05, 4.69) is 52.5 Å². The third-order valence-electron chi connectivity index (χ3n) is 7.63. The van der Waals surface area contributed by atoms with Crippen molar-refractivity contribution in [3.8, 4) is 0 Å². The number of fused-ring (bicyclic) bond motifs is 1. The number of aromatic nitrogens is 1. The first kappa shape index (κ1) is 19.3. The summed E-state index contributed by atoms with van der Waals surface area (Å²) in [4.78, 5) is 21.5. The molecule has 0 unspecified atom stereocenters. The number of hydrogen-bond acceptors (Lipinski definition) is 4. The third-order valence-corrected chi connectivity index (χ3v) is 8.69. The fourth-order valence-electron chi connectivity index (χ4n) is 6.27. The highest BCUT2D eigenvalue weighted by Crippen LogP contribution is 2.53. The highest BCUT2D eigenvalue weighted by Gasteiger charge is 2.60. The minimum absolute atomic E-state index is 0.178. The van der Waals surface area contributed by atoms with Crippen molar-refractivity contribution in [1.29, 1.82) is 0 Å².